The molecule has 0 bridgehead atoms. The van der Waals surface area contributed by atoms with Crippen molar-refractivity contribution in [2.45, 2.75) is 116 Å². The van der Waals surface area contributed by atoms with E-state index in [2.05, 4.69) is 52.3 Å². The van der Waals surface area contributed by atoms with E-state index in [0.29, 0.717) is 36.0 Å². The Balaban J connectivity index is 0.000000272. The van der Waals surface area contributed by atoms with Gasteiger partial charge in [-0.25, -0.2) is 23.3 Å². The van der Waals surface area contributed by atoms with E-state index in [0.717, 1.165) is 46.2 Å². The summed E-state index contributed by atoms with van der Waals surface area (Å²) in [6, 6.07) is 24.4. The highest BCUT2D eigenvalue weighted by Gasteiger charge is 2.27. The zero-order chi connectivity index (χ0) is 53.4. The first kappa shape index (κ1) is 57.2. The number of aryl methyl sites for hydroxylation is 4. The highest BCUT2D eigenvalue weighted by molar-refractivity contribution is 5.91. The Morgan fingerprint density at radius 2 is 1.11 bits per heavy atom. The topological polar surface area (TPSA) is 257 Å². The second-order valence-corrected chi connectivity index (χ2v) is 18.5. The van der Waals surface area contributed by atoms with E-state index in [1.807, 2.05) is 112 Å². The van der Waals surface area contributed by atoms with Gasteiger partial charge < -0.3 is 41.7 Å². The molecule has 394 valence electrons. The number of urea groups is 2. The zero-order valence-corrected chi connectivity index (χ0v) is 43.5. The molecule has 0 saturated heterocycles. The number of rotatable bonds is 22. The Hall–Kier alpha value is -6.75. The summed E-state index contributed by atoms with van der Waals surface area (Å²) < 4.78 is 16.3. The molecule has 8 N–H and O–H groups in total. The maximum atomic E-state index is 13.2. The van der Waals surface area contributed by atoms with E-state index in [-0.39, 0.29) is 31.0 Å². The molecule has 21 heteroatoms. The molecular formula is C52H73FN14O6. The first-order chi connectivity index (χ1) is 34.8. The van der Waals surface area contributed by atoms with Crippen molar-refractivity contribution < 1.29 is 34.4 Å². The van der Waals surface area contributed by atoms with Crippen LogP contribution in [0.4, 0.5) is 25.4 Å². The number of benzene rings is 4. The maximum absolute atomic E-state index is 13.2. The van der Waals surface area contributed by atoms with Crippen LogP contribution in [0.2, 0.25) is 0 Å². The Morgan fingerprint density at radius 3 is 1.55 bits per heavy atom. The minimum Gasteiger partial charge on any atom is -0.391 e. The SMILES string of the molecule is CCc1cc(NC(=O)N[C@H](C)[C@@H](O)CN(C)[C@@H](C)[C@@H](O)c2ccccc2)cc(-c2nnnn2C)c1.CCc1cc(NC(=O)N[C@H](C)[C@@H](O)CN(CC)[C@@H](C)[C@@H](O)Cc2ccc(F)cc2)cc(-c2nnnn2C)c1. The van der Waals surface area contributed by atoms with E-state index in [4.69, 9.17) is 0 Å². The number of nitrogens with one attached hydrogen (secondary N) is 4. The lowest BCUT2D eigenvalue weighted by molar-refractivity contribution is 0.0228. The van der Waals surface area contributed by atoms with Gasteiger partial charge in [0.05, 0.1) is 36.5 Å². The molecular weight excluding hydrogens is 936 g/mol. The fraction of sp³-hybridized carbons (Fsp3) is 0.462. The number of tetrazole rings is 2. The highest BCUT2D eigenvalue weighted by atomic mass is 19.1. The second kappa shape index (κ2) is 27.3. The van der Waals surface area contributed by atoms with E-state index < -0.39 is 48.6 Å². The summed E-state index contributed by atoms with van der Waals surface area (Å²) in [7, 11) is 5.35. The van der Waals surface area contributed by atoms with Gasteiger partial charge in [0.1, 0.15) is 5.82 Å². The molecule has 73 heavy (non-hydrogen) atoms. The first-order valence-electron chi connectivity index (χ1n) is 24.6. The quantitative estimate of drug-likeness (QED) is 0.0439. The van der Waals surface area contributed by atoms with E-state index in [1.54, 1.807) is 55.5 Å². The fourth-order valence-electron chi connectivity index (χ4n) is 8.13. The van der Waals surface area contributed by atoms with Gasteiger partial charge in [-0.3, -0.25) is 9.80 Å². The maximum Gasteiger partial charge on any atom is 0.319 e. The number of carbonyl (C=O) groups is 2. The average molecular weight is 1010 g/mol. The van der Waals surface area contributed by atoms with Gasteiger partial charge in [0.25, 0.3) is 0 Å². The van der Waals surface area contributed by atoms with Gasteiger partial charge >= 0.3 is 12.1 Å². The number of aromatic nitrogens is 8. The summed E-state index contributed by atoms with van der Waals surface area (Å²) in [5, 5.41) is 77.4. The number of nitrogens with zero attached hydrogens (tertiary/aromatic N) is 10. The second-order valence-electron chi connectivity index (χ2n) is 18.5. The molecule has 4 aromatic carbocycles. The van der Waals surface area contributed by atoms with E-state index in [1.165, 1.54) is 12.1 Å². The average Bonchev–Trinajstić information content (AvgIpc) is 4.02. The van der Waals surface area contributed by atoms with Crippen molar-refractivity contribution in [2.75, 3.05) is 37.3 Å². The number of hydrogen-bond donors (Lipinski definition) is 8. The van der Waals surface area contributed by atoms with Crippen LogP contribution in [0.5, 0.6) is 0 Å². The van der Waals surface area contributed by atoms with Crippen LogP contribution >= 0.6 is 0 Å². The van der Waals surface area contributed by atoms with Crippen molar-refractivity contribution in [3.63, 3.8) is 0 Å². The Labute approximate surface area is 427 Å². The minimum atomic E-state index is -0.872. The van der Waals surface area contributed by atoms with Crippen molar-refractivity contribution in [2.24, 2.45) is 14.1 Å². The van der Waals surface area contributed by atoms with Crippen LogP contribution in [0, 0.1) is 5.82 Å². The van der Waals surface area contributed by atoms with Crippen molar-refractivity contribution in [3.05, 3.63) is 119 Å². The standard InChI is InChI=1S/C27H38FN7O3.C25H35N7O3/c1-6-19-12-21(26-31-32-33-34(26)5)15-23(13-19)30-27(38)29-17(3)25(37)16-35(7-2)18(4)24(36)14-20-8-10-22(28)11-9-20;1-6-18-12-20(24-28-29-30-32(24)5)14-21(13-18)27-25(35)26-16(2)22(33)15-31(4)17(3)23(34)19-10-8-7-9-11-19/h8-13,15,17-18,24-25,36-37H,6-7,14,16H2,1-5H3,(H2,29,30,38);7-14,16-17,22-23,33-34H,6,15H2,1-5H3,(H2,26,27,35)/t17-,18+,24+,25+;16-,17+,22+,23-/m11/s1. The predicted molar refractivity (Wildman–Crippen MR) is 279 cm³/mol. The van der Waals surface area contributed by atoms with Crippen molar-refractivity contribution in [1.29, 1.82) is 0 Å². The lowest BCUT2D eigenvalue weighted by Crippen LogP contribution is -2.51. The van der Waals surface area contributed by atoms with Crippen LogP contribution in [0.3, 0.4) is 0 Å². The first-order valence-corrected chi connectivity index (χ1v) is 24.6. The molecule has 2 aromatic heterocycles. The molecule has 0 aliphatic carbocycles. The minimum absolute atomic E-state index is 0.224. The normalized spacial score (nSPS) is 14.8. The summed E-state index contributed by atoms with van der Waals surface area (Å²) in [5.74, 6) is 0.867. The number of likely N-dealkylation sites (N-methyl/N-ethyl adjacent to an activating group) is 2. The van der Waals surface area contributed by atoms with Crippen LogP contribution in [0.15, 0.2) is 91.0 Å². The van der Waals surface area contributed by atoms with Crippen LogP contribution in [-0.4, -0.2) is 152 Å². The molecule has 0 unspecified atom stereocenters. The third-order valence-corrected chi connectivity index (χ3v) is 13.0. The number of halogens is 1. The van der Waals surface area contributed by atoms with Crippen molar-refractivity contribution in [3.8, 4) is 22.8 Å². The van der Waals surface area contributed by atoms with Gasteiger partial charge in [-0.1, -0.05) is 63.2 Å². The summed E-state index contributed by atoms with van der Waals surface area (Å²) in [5.41, 5.74) is 6.48. The third kappa shape index (κ3) is 16.6. The zero-order valence-electron chi connectivity index (χ0n) is 43.5. The molecule has 0 fully saturated rings. The smallest absolute Gasteiger partial charge is 0.319 e. The largest absolute Gasteiger partial charge is 0.391 e. The molecule has 0 aliphatic rings. The lowest BCUT2D eigenvalue weighted by atomic mass is 10.0. The summed E-state index contributed by atoms with van der Waals surface area (Å²) in [4.78, 5) is 29.3. The van der Waals surface area contributed by atoms with Gasteiger partial charge in [0, 0.05) is 61.8 Å². The lowest BCUT2D eigenvalue weighted by Gasteiger charge is -2.34. The van der Waals surface area contributed by atoms with Gasteiger partial charge in [0.15, 0.2) is 11.6 Å². The number of amides is 4. The van der Waals surface area contributed by atoms with Gasteiger partial charge in [-0.2, -0.15) is 0 Å². The van der Waals surface area contributed by atoms with Crippen molar-refractivity contribution in [1.82, 2.24) is 60.8 Å². The molecule has 8 atom stereocenters. The van der Waals surface area contributed by atoms with Crippen LogP contribution in [0.1, 0.15) is 76.8 Å². The van der Waals surface area contributed by atoms with Crippen LogP contribution in [-0.2, 0) is 33.4 Å². The molecule has 6 rings (SSSR count). The van der Waals surface area contributed by atoms with E-state index in [9.17, 15) is 34.4 Å². The van der Waals surface area contributed by atoms with Crippen LogP contribution < -0.4 is 21.3 Å². The predicted octanol–water partition coefficient (Wildman–Crippen LogP) is 5.13. The van der Waals surface area contributed by atoms with E-state index >= 15 is 0 Å². The number of hydrogen-bond acceptors (Lipinski definition) is 14. The Bertz CT molecular complexity index is 2650. The molecule has 4 amide bonds. The van der Waals surface area contributed by atoms with Gasteiger partial charge in [0.2, 0.25) is 0 Å². The number of aliphatic hydroxyl groups is 4. The third-order valence-electron chi connectivity index (χ3n) is 13.0. The van der Waals surface area contributed by atoms with Crippen LogP contribution in [0.25, 0.3) is 22.8 Å². The molecule has 6 aromatic rings. The van der Waals surface area contributed by atoms with Crippen molar-refractivity contribution >= 4 is 23.4 Å². The number of aliphatic hydroxyl groups excluding tert-OH is 4. The number of anilines is 2. The summed E-state index contributed by atoms with van der Waals surface area (Å²) in [6.07, 6.45) is -1.19. The molecule has 0 aliphatic heterocycles. The summed E-state index contributed by atoms with van der Waals surface area (Å²) >= 11 is 0. The van der Waals surface area contributed by atoms with Gasteiger partial charge in [-0.05, 0) is 152 Å². The summed E-state index contributed by atoms with van der Waals surface area (Å²) in [6.45, 7) is 14.4. The molecule has 2 heterocycles. The van der Waals surface area contributed by atoms with Gasteiger partial charge in [-0.15, -0.1) is 10.2 Å². The molecule has 20 nitrogen and oxygen atoms in total. The number of carbonyl (C=O) groups excluding carboxylic acids is 2. The Morgan fingerprint density at radius 1 is 0.630 bits per heavy atom. The fourth-order valence-corrected chi connectivity index (χ4v) is 8.13. The highest BCUT2D eigenvalue weighted by Crippen LogP contribution is 2.25. The Kier molecular flexibility index (Phi) is 21.4. The molecule has 0 radical (unpaired) electrons. The monoisotopic (exact) mass is 1010 g/mol. The molecule has 0 spiro atoms. The molecule has 0 saturated carbocycles.